The van der Waals surface area contributed by atoms with Crippen LogP contribution in [0.1, 0.15) is 25.0 Å². The van der Waals surface area contributed by atoms with E-state index in [1.165, 1.54) is 26.8 Å². The van der Waals surface area contributed by atoms with Crippen LogP contribution in [0.4, 0.5) is 0 Å². The first-order valence-electron chi connectivity index (χ1n) is 7.96. The first kappa shape index (κ1) is 14.5. The van der Waals surface area contributed by atoms with Gasteiger partial charge in [-0.15, -0.1) is 0 Å². The lowest BCUT2D eigenvalue weighted by Crippen LogP contribution is -2.28. The fourth-order valence-electron chi connectivity index (χ4n) is 3.21. The van der Waals surface area contributed by atoms with E-state index in [1.54, 1.807) is 11.8 Å². The predicted octanol–water partition coefficient (Wildman–Crippen LogP) is 5.71. The normalized spacial score (nSPS) is 16.0. The van der Waals surface area contributed by atoms with Crippen LogP contribution in [0, 0.1) is 0 Å². The number of hydrogen-bond acceptors (Lipinski definition) is 2. The van der Waals surface area contributed by atoms with Gasteiger partial charge in [0.25, 0.3) is 0 Å². The minimum absolute atomic E-state index is 0.0613. The summed E-state index contributed by atoms with van der Waals surface area (Å²) in [6.45, 7) is 4.45. The van der Waals surface area contributed by atoms with Crippen molar-refractivity contribution in [3.8, 4) is 0 Å². The molecule has 0 spiro atoms. The second-order valence-electron chi connectivity index (χ2n) is 6.63. The van der Waals surface area contributed by atoms with Crippen LogP contribution in [0.3, 0.4) is 0 Å². The minimum Gasteiger partial charge on any atom is -0.271 e. The second kappa shape index (κ2) is 5.54. The maximum atomic E-state index is 5.04. The molecule has 1 aliphatic rings. The molecule has 0 atom stereocenters. The number of fused-ring (bicyclic) bond motifs is 3. The summed E-state index contributed by atoms with van der Waals surface area (Å²) in [5.74, 6) is 0. The van der Waals surface area contributed by atoms with Crippen molar-refractivity contribution < 1.29 is 0 Å². The van der Waals surface area contributed by atoms with Gasteiger partial charge in [-0.05, 0) is 48.7 Å². The predicted molar refractivity (Wildman–Crippen MR) is 101 cm³/mol. The molecule has 0 aromatic heterocycles. The highest BCUT2D eigenvalue weighted by molar-refractivity contribution is 8.14. The Balaban J connectivity index is 1.87. The number of nitrogens with zero attached hydrogens (tertiary/aromatic N) is 1. The summed E-state index contributed by atoms with van der Waals surface area (Å²) in [5.41, 5.74) is 2.66. The third-order valence-corrected chi connectivity index (χ3v) is 5.25. The molecule has 3 aromatic carbocycles. The number of hydrogen-bond donors (Lipinski definition) is 0. The summed E-state index contributed by atoms with van der Waals surface area (Å²) in [5, 5.41) is 3.81. The van der Waals surface area contributed by atoms with Crippen molar-refractivity contribution in [1.82, 2.24) is 0 Å². The number of aliphatic imine (C=N–C) groups is 1. The van der Waals surface area contributed by atoms with Crippen molar-refractivity contribution >= 4 is 27.6 Å². The van der Waals surface area contributed by atoms with E-state index in [-0.39, 0.29) is 5.54 Å². The highest BCUT2D eigenvalue weighted by Gasteiger charge is 2.28. The second-order valence-corrected chi connectivity index (χ2v) is 7.70. The molecule has 1 heterocycles. The van der Waals surface area contributed by atoms with E-state index in [1.807, 2.05) is 0 Å². The standard InChI is InChI=1S/C21H19NS/c1-21(2)14-19-17-11-7-6-8-15(17)12-13-18(19)20(22-21)23-16-9-4-3-5-10-16/h3-13H,14H2,1-2H3. The van der Waals surface area contributed by atoms with Crippen LogP contribution < -0.4 is 0 Å². The summed E-state index contributed by atoms with van der Waals surface area (Å²) in [6, 6.07) is 23.6. The highest BCUT2D eigenvalue weighted by Crippen LogP contribution is 2.37. The topological polar surface area (TPSA) is 12.4 Å². The Morgan fingerprint density at radius 2 is 1.61 bits per heavy atom. The molecule has 0 saturated heterocycles. The Morgan fingerprint density at radius 1 is 0.870 bits per heavy atom. The van der Waals surface area contributed by atoms with Crippen molar-refractivity contribution in [3.05, 3.63) is 77.9 Å². The largest absolute Gasteiger partial charge is 0.271 e. The molecule has 0 aliphatic carbocycles. The van der Waals surface area contributed by atoms with Crippen molar-refractivity contribution in [2.24, 2.45) is 4.99 Å². The average Bonchev–Trinajstić information content (AvgIpc) is 2.55. The minimum atomic E-state index is -0.0613. The van der Waals surface area contributed by atoms with E-state index in [0.717, 1.165) is 11.5 Å². The first-order valence-corrected chi connectivity index (χ1v) is 8.78. The SMILES string of the molecule is CC1(C)Cc2c(ccc3ccccc23)C(Sc2ccccc2)=N1. The Morgan fingerprint density at radius 3 is 2.43 bits per heavy atom. The molecule has 0 unspecified atom stereocenters. The molecular formula is C21H19NS. The van der Waals surface area contributed by atoms with Gasteiger partial charge < -0.3 is 0 Å². The van der Waals surface area contributed by atoms with Gasteiger partial charge in [0, 0.05) is 10.5 Å². The molecule has 0 bridgehead atoms. The van der Waals surface area contributed by atoms with Gasteiger partial charge in [0.05, 0.1) is 5.54 Å². The molecular weight excluding hydrogens is 298 g/mol. The maximum absolute atomic E-state index is 5.04. The third kappa shape index (κ3) is 2.79. The highest BCUT2D eigenvalue weighted by atomic mass is 32.2. The van der Waals surface area contributed by atoms with E-state index >= 15 is 0 Å². The Kier molecular flexibility index (Phi) is 3.50. The smallest absolute Gasteiger partial charge is 0.103 e. The zero-order valence-electron chi connectivity index (χ0n) is 13.4. The van der Waals surface area contributed by atoms with Gasteiger partial charge in [-0.2, -0.15) is 0 Å². The van der Waals surface area contributed by atoms with E-state index in [9.17, 15) is 0 Å². The van der Waals surface area contributed by atoms with Gasteiger partial charge in [-0.25, -0.2) is 0 Å². The average molecular weight is 317 g/mol. The zero-order valence-corrected chi connectivity index (χ0v) is 14.2. The molecule has 0 amide bonds. The summed E-state index contributed by atoms with van der Waals surface area (Å²) in [6.07, 6.45) is 0.989. The van der Waals surface area contributed by atoms with Gasteiger partial charge >= 0.3 is 0 Å². The lowest BCUT2D eigenvalue weighted by Gasteiger charge is -2.29. The molecule has 3 aromatic rings. The molecule has 0 radical (unpaired) electrons. The molecule has 114 valence electrons. The zero-order chi connectivity index (χ0) is 15.9. The van der Waals surface area contributed by atoms with Crippen molar-refractivity contribution in [2.45, 2.75) is 30.7 Å². The molecule has 1 aliphatic heterocycles. The molecule has 23 heavy (non-hydrogen) atoms. The summed E-state index contributed by atoms with van der Waals surface area (Å²) < 4.78 is 0. The lowest BCUT2D eigenvalue weighted by molar-refractivity contribution is 0.517. The Hall–Kier alpha value is -2.06. The summed E-state index contributed by atoms with van der Waals surface area (Å²) in [7, 11) is 0. The van der Waals surface area contributed by atoms with Gasteiger partial charge in [0.15, 0.2) is 0 Å². The monoisotopic (exact) mass is 317 g/mol. The van der Waals surface area contributed by atoms with Crippen LogP contribution >= 0.6 is 11.8 Å². The first-order chi connectivity index (χ1) is 11.1. The van der Waals surface area contributed by atoms with Gasteiger partial charge in [-0.1, -0.05) is 66.4 Å². The molecule has 0 saturated carbocycles. The van der Waals surface area contributed by atoms with Crippen LogP contribution in [-0.4, -0.2) is 10.6 Å². The van der Waals surface area contributed by atoms with Crippen molar-refractivity contribution in [2.75, 3.05) is 0 Å². The maximum Gasteiger partial charge on any atom is 0.103 e. The Bertz CT molecular complexity index is 894. The molecule has 4 rings (SSSR count). The van der Waals surface area contributed by atoms with Crippen LogP contribution in [0.2, 0.25) is 0 Å². The van der Waals surface area contributed by atoms with Crippen LogP contribution in [0.25, 0.3) is 10.8 Å². The summed E-state index contributed by atoms with van der Waals surface area (Å²) in [4.78, 5) is 6.28. The van der Waals surface area contributed by atoms with E-state index < -0.39 is 0 Å². The van der Waals surface area contributed by atoms with E-state index in [0.29, 0.717) is 0 Å². The van der Waals surface area contributed by atoms with Crippen LogP contribution in [0.15, 0.2) is 76.6 Å². The Labute approximate surface area is 141 Å². The third-order valence-electron chi connectivity index (χ3n) is 4.24. The molecule has 0 N–H and O–H groups in total. The quantitative estimate of drug-likeness (QED) is 0.559. The lowest BCUT2D eigenvalue weighted by atomic mass is 9.86. The fourth-order valence-corrected chi connectivity index (χ4v) is 4.32. The van der Waals surface area contributed by atoms with E-state index in [2.05, 4.69) is 80.6 Å². The van der Waals surface area contributed by atoms with Gasteiger partial charge in [0.2, 0.25) is 0 Å². The van der Waals surface area contributed by atoms with Crippen molar-refractivity contribution in [1.29, 1.82) is 0 Å². The molecule has 2 heteroatoms. The van der Waals surface area contributed by atoms with E-state index in [4.69, 9.17) is 4.99 Å². The van der Waals surface area contributed by atoms with Gasteiger partial charge in [-0.3, -0.25) is 4.99 Å². The molecule has 0 fully saturated rings. The summed E-state index contributed by atoms with van der Waals surface area (Å²) >= 11 is 1.77. The number of rotatable bonds is 1. The van der Waals surface area contributed by atoms with Crippen LogP contribution in [0.5, 0.6) is 0 Å². The van der Waals surface area contributed by atoms with Crippen molar-refractivity contribution in [3.63, 3.8) is 0 Å². The number of benzene rings is 3. The van der Waals surface area contributed by atoms with Crippen LogP contribution in [-0.2, 0) is 6.42 Å². The number of thioether (sulfide) groups is 1. The van der Waals surface area contributed by atoms with Gasteiger partial charge in [0.1, 0.15) is 5.04 Å². The molecule has 1 nitrogen and oxygen atoms in total. The fraction of sp³-hybridized carbons (Fsp3) is 0.190.